The van der Waals surface area contributed by atoms with E-state index in [1.807, 2.05) is 27.7 Å². The molecule has 1 aromatic heterocycles. The van der Waals surface area contributed by atoms with Crippen LogP contribution in [-0.4, -0.2) is 33.2 Å². The highest BCUT2D eigenvalue weighted by atomic mass is 16.6. The number of amides is 1. The maximum Gasteiger partial charge on any atom is 0.333 e. The average Bonchev–Trinajstić information content (AvgIpc) is 2.62. The first-order chi connectivity index (χ1) is 9.23. The fraction of sp³-hybridized carbons (Fsp3) is 0.667. The molecule has 0 bridgehead atoms. The molecule has 1 aromatic rings. The van der Waals surface area contributed by atoms with Gasteiger partial charge in [0.25, 0.3) is 0 Å². The Labute approximate surface area is 117 Å². The van der Waals surface area contributed by atoms with Crippen LogP contribution in [0.15, 0.2) is 0 Å². The fourth-order valence-electron chi connectivity index (χ4n) is 1.83. The molecule has 0 aliphatic carbocycles. The minimum Gasteiger partial charge on any atom is -0.355 e. The van der Waals surface area contributed by atoms with Crippen LogP contribution >= 0.6 is 0 Å². The number of carbonyl (C=O) groups is 1. The van der Waals surface area contributed by atoms with Gasteiger partial charge in [-0.1, -0.05) is 0 Å². The standard InChI is InChI=1S/C12H21N5O3/c1-7(2)14-10(18)6-13-12-11(17(19)20)9(5)15-16(12)8(3)4/h7-8,13H,6H2,1-5H3,(H,14,18). The summed E-state index contributed by atoms with van der Waals surface area (Å²) in [7, 11) is 0. The molecule has 20 heavy (non-hydrogen) atoms. The van der Waals surface area contributed by atoms with E-state index in [9.17, 15) is 14.9 Å². The second kappa shape index (κ2) is 6.36. The Morgan fingerprint density at radius 2 is 2.00 bits per heavy atom. The first-order valence-corrected chi connectivity index (χ1v) is 6.50. The van der Waals surface area contributed by atoms with Crippen LogP contribution in [0.4, 0.5) is 11.5 Å². The van der Waals surface area contributed by atoms with E-state index in [2.05, 4.69) is 15.7 Å². The molecule has 8 heteroatoms. The Balaban J connectivity index is 2.97. The highest BCUT2D eigenvalue weighted by Gasteiger charge is 2.26. The zero-order valence-corrected chi connectivity index (χ0v) is 12.4. The Morgan fingerprint density at radius 3 is 2.45 bits per heavy atom. The summed E-state index contributed by atoms with van der Waals surface area (Å²) in [4.78, 5) is 22.3. The summed E-state index contributed by atoms with van der Waals surface area (Å²) in [5, 5.41) is 20.8. The van der Waals surface area contributed by atoms with Crippen LogP contribution < -0.4 is 10.6 Å². The topological polar surface area (TPSA) is 102 Å². The quantitative estimate of drug-likeness (QED) is 0.610. The maximum atomic E-state index is 11.6. The van der Waals surface area contributed by atoms with Crippen molar-refractivity contribution in [3.05, 3.63) is 15.8 Å². The summed E-state index contributed by atoms with van der Waals surface area (Å²) in [6.45, 7) is 8.99. The highest BCUT2D eigenvalue weighted by Crippen LogP contribution is 2.30. The third-order valence-electron chi connectivity index (χ3n) is 2.59. The Hall–Kier alpha value is -2.12. The molecule has 112 valence electrons. The van der Waals surface area contributed by atoms with Crippen LogP contribution in [0.25, 0.3) is 0 Å². The van der Waals surface area contributed by atoms with Crippen molar-refractivity contribution in [1.29, 1.82) is 0 Å². The van der Waals surface area contributed by atoms with Gasteiger partial charge >= 0.3 is 5.69 Å². The predicted molar refractivity (Wildman–Crippen MR) is 75.8 cm³/mol. The molecule has 0 saturated heterocycles. The van der Waals surface area contributed by atoms with Gasteiger partial charge in [0.2, 0.25) is 11.7 Å². The Morgan fingerprint density at radius 1 is 1.40 bits per heavy atom. The molecule has 2 N–H and O–H groups in total. The molecule has 0 atom stereocenters. The Bertz CT molecular complexity index is 507. The lowest BCUT2D eigenvalue weighted by Gasteiger charge is -2.13. The number of hydrogen-bond acceptors (Lipinski definition) is 5. The predicted octanol–water partition coefficient (Wildman–Crippen LogP) is 1.62. The lowest BCUT2D eigenvalue weighted by molar-refractivity contribution is -0.384. The van der Waals surface area contributed by atoms with Crippen molar-refractivity contribution in [2.45, 2.75) is 46.7 Å². The van der Waals surface area contributed by atoms with Gasteiger partial charge < -0.3 is 10.6 Å². The number of carbonyl (C=O) groups excluding carboxylic acids is 1. The fourth-order valence-corrected chi connectivity index (χ4v) is 1.83. The van der Waals surface area contributed by atoms with Crippen LogP contribution in [0.3, 0.4) is 0 Å². The van der Waals surface area contributed by atoms with E-state index in [-0.39, 0.29) is 36.0 Å². The monoisotopic (exact) mass is 283 g/mol. The number of anilines is 1. The zero-order chi connectivity index (χ0) is 15.4. The minimum atomic E-state index is -0.482. The highest BCUT2D eigenvalue weighted by molar-refractivity contribution is 5.81. The van der Waals surface area contributed by atoms with Gasteiger partial charge in [-0.2, -0.15) is 5.10 Å². The van der Waals surface area contributed by atoms with Crippen LogP contribution in [0.5, 0.6) is 0 Å². The molecule has 1 heterocycles. The van der Waals surface area contributed by atoms with E-state index >= 15 is 0 Å². The average molecular weight is 283 g/mol. The van der Waals surface area contributed by atoms with E-state index in [0.717, 1.165) is 0 Å². The van der Waals surface area contributed by atoms with E-state index in [1.54, 1.807) is 6.92 Å². The van der Waals surface area contributed by atoms with Gasteiger partial charge in [-0.3, -0.25) is 14.9 Å². The Kier molecular flexibility index (Phi) is 5.06. The first-order valence-electron chi connectivity index (χ1n) is 6.50. The molecular formula is C12H21N5O3. The van der Waals surface area contributed by atoms with Crippen molar-refractivity contribution in [1.82, 2.24) is 15.1 Å². The third-order valence-corrected chi connectivity index (χ3v) is 2.59. The van der Waals surface area contributed by atoms with Gasteiger partial charge in [-0.15, -0.1) is 0 Å². The summed E-state index contributed by atoms with van der Waals surface area (Å²) in [5.74, 6) is 0.0462. The molecule has 0 unspecified atom stereocenters. The number of rotatable bonds is 6. The molecule has 0 aromatic carbocycles. The van der Waals surface area contributed by atoms with Crippen molar-refractivity contribution < 1.29 is 9.72 Å². The van der Waals surface area contributed by atoms with Gasteiger partial charge in [0.15, 0.2) is 0 Å². The van der Waals surface area contributed by atoms with Crippen molar-refractivity contribution in [3.8, 4) is 0 Å². The minimum absolute atomic E-state index is 0.0241. The largest absolute Gasteiger partial charge is 0.355 e. The molecule has 0 aliphatic rings. The van der Waals surface area contributed by atoms with Crippen LogP contribution in [0.2, 0.25) is 0 Å². The molecule has 1 rings (SSSR count). The van der Waals surface area contributed by atoms with Crippen molar-refractivity contribution in [2.24, 2.45) is 0 Å². The first kappa shape index (κ1) is 15.9. The summed E-state index contributed by atoms with van der Waals surface area (Å²) in [6.07, 6.45) is 0. The molecule has 1 amide bonds. The summed E-state index contributed by atoms with van der Waals surface area (Å²) >= 11 is 0. The zero-order valence-electron chi connectivity index (χ0n) is 12.4. The van der Waals surface area contributed by atoms with Gasteiger partial charge in [-0.25, -0.2) is 4.68 Å². The lowest BCUT2D eigenvalue weighted by Crippen LogP contribution is -2.35. The molecule has 0 fully saturated rings. The van der Waals surface area contributed by atoms with E-state index in [0.29, 0.717) is 5.69 Å². The smallest absolute Gasteiger partial charge is 0.333 e. The van der Waals surface area contributed by atoms with Gasteiger partial charge in [-0.05, 0) is 34.6 Å². The molecule has 0 aliphatic heterocycles. The summed E-state index contributed by atoms with van der Waals surface area (Å²) < 4.78 is 1.52. The van der Waals surface area contributed by atoms with E-state index in [1.165, 1.54) is 4.68 Å². The van der Waals surface area contributed by atoms with E-state index in [4.69, 9.17) is 0 Å². The third kappa shape index (κ3) is 3.69. The molecule has 8 nitrogen and oxygen atoms in total. The molecular weight excluding hydrogens is 262 g/mol. The number of aromatic nitrogens is 2. The van der Waals surface area contributed by atoms with Crippen molar-refractivity contribution in [2.75, 3.05) is 11.9 Å². The van der Waals surface area contributed by atoms with Crippen molar-refractivity contribution >= 4 is 17.4 Å². The molecule has 0 radical (unpaired) electrons. The summed E-state index contributed by atoms with van der Waals surface area (Å²) in [6, 6.07) is -0.0194. The van der Waals surface area contributed by atoms with Crippen molar-refractivity contribution in [3.63, 3.8) is 0 Å². The van der Waals surface area contributed by atoms with Crippen LogP contribution in [0, 0.1) is 17.0 Å². The number of nitro groups is 1. The molecule has 0 saturated carbocycles. The van der Waals surface area contributed by atoms with E-state index < -0.39 is 4.92 Å². The SMILES string of the molecule is Cc1nn(C(C)C)c(NCC(=O)NC(C)C)c1[N+](=O)[O-]. The molecule has 0 spiro atoms. The number of nitrogens with one attached hydrogen (secondary N) is 2. The van der Waals surface area contributed by atoms with Gasteiger partial charge in [0.05, 0.1) is 11.5 Å². The van der Waals surface area contributed by atoms with Crippen LogP contribution in [-0.2, 0) is 4.79 Å². The lowest BCUT2D eigenvalue weighted by atomic mass is 10.3. The second-order valence-corrected chi connectivity index (χ2v) is 5.15. The normalized spacial score (nSPS) is 10.9. The van der Waals surface area contributed by atoms with Gasteiger partial charge in [0.1, 0.15) is 5.69 Å². The number of hydrogen-bond donors (Lipinski definition) is 2. The second-order valence-electron chi connectivity index (χ2n) is 5.15. The number of nitrogens with zero attached hydrogens (tertiary/aromatic N) is 3. The maximum absolute atomic E-state index is 11.6. The van der Waals surface area contributed by atoms with Gasteiger partial charge in [0, 0.05) is 12.1 Å². The van der Waals surface area contributed by atoms with Crippen LogP contribution in [0.1, 0.15) is 39.4 Å². The number of aryl methyl sites for hydroxylation is 1. The summed E-state index contributed by atoms with van der Waals surface area (Å²) in [5.41, 5.74) is 0.242.